The van der Waals surface area contributed by atoms with E-state index in [1.807, 2.05) is 44.2 Å². The largest absolute Gasteiger partial charge is 0.480 e. The Morgan fingerprint density at radius 3 is 2.37 bits per heavy atom. The van der Waals surface area contributed by atoms with Gasteiger partial charge in [0.2, 0.25) is 5.91 Å². The van der Waals surface area contributed by atoms with Crippen molar-refractivity contribution in [2.45, 2.75) is 39.2 Å². The molecule has 0 saturated heterocycles. The van der Waals surface area contributed by atoms with Gasteiger partial charge in [-0.1, -0.05) is 30.3 Å². The van der Waals surface area contributed by atoms with Gasteiger partial charge in [0, 0.05) is 12.5 Å². The Balaban J connectivity index is 2.42. The van der Waals surface area contributed by atoms with Crippen molar-refractivity contribution in [1.82, 2.24) is 4.90 Å². The van der Waals surface area contributed by atoms with E-state index in [1.54, 1.807) is 0 Å². The third kappa shape index (κ3) is 5.55. The van der Waals surface area contributed by atoms with Gasteiger partial charge in [0.15, 0.2) is 0 Å². The summed E-state index contributed by atoms with van der Waals surface area (Å²) in [5.74, 6) is -1.06. The molecule has 4 nitrogen and oxygen atoms in total. The summed E-state index contributed by atoms with van der Waals surface area (Å²) in [6.45, 7) is 3.44. The highest BCUT2D eigenvalue weighted by Crippen LogP contribution is 2.08. The SMILES string of the molecule is CC(C)N(CC(=O)O)C(=O)CCCc1ccccc1. The molecule has 0 aliphatic carbocycles. The second-order valence-electron chi connectivity index (χ2n) is 4.85. The molecule has 104 valence electrons. The molecule has 0 spiro atoms. The normalized spacial score (nSPS) is 10.5. The summed E-state index contributed by atoms with van der Waals surface area (Å²) in [4.78, 5) is 24.1. The molecule has 1 N–H and O–H groups in total. The van der Waals surface area contributed by atoms with Gasteiger partial charge in [0.25, 0.3) is 0 Å². The minimum absolute atomic E-state index is 0.0830. The van der Waals surface area contributed by atoms with Crippen LogP contribution in [0.2, 0.25) is 0 Å². The molecule has 0 heterocycles. The van der Waals surface area contributed by atoms with Crippen LogP contribution in [-0.2, 0) is 16.0 Å². The summed E-state index contributed by atoms with van der Waals surface area (Å²) in [5.41, 5.74) is 1.20. The molecule has 0 fully saturated rings. The van der Waals surface area contributed by atoms with E-state index in [2.05, 4.69) is 0 Å². The highest BCUT2D eigenvalue weighted by atomic mass is 16.4. The molecule has 0 bridgehead atoms. The van der Waals surface area contributed by atoms with Crippen molar-refractivity contribution in [3.8, 4) is 0 Å². The number of aryl methyl sites for hydroxylation is 1. The zero-order chi connectivity index (χ0) is 14.3. The van der Waals surface area contributed by atoms with E-state index < -0.39 is 5.97 Å². The fourth-order valence-electron chi connectivity index (χ4n) is 1.94. The Kier molecular flexibility index (Phi) is 6.06. The van der Waals surface area contributed by atoms with Crippen LogP contribution in [0.25, 0.3) is 0 Å². The smallest absolute Gasteiger partial charge is 0.323 e. The van der Waals surface area contributed by atoms with E-state index in [9.17, 15) is 9.59 Å². The minimum atomic E-state index is -0.967. The first-order valence-electron chi connectivity index (χ1n) is 6.56. The van der Waals surface area contributed by atoms with E-state index in [0.717, 1.165) is 12.8 Å². The van der Waals surface area contributed by atoms with Crippen molar-refractivity contribution >= 4 is 11.9 Å². The molecule has 0 aliphatic heterocycles. The van der Waals surface area contributed by atoms with Crippen LogP contribution < -0.4 is 0 Å². The van der Waals surface area contributed by atoms with E-state index in [1.165, 1.54) is 10.5 Å². The average molecular weight is 263 g/mol. The summed E-state index contributed by atoms with van der Waals surface area (Å²) in [5, 5.41) is 8.79. The van der Waals surface area contributed by atoms with E-state index in [4.69, 9.17) is 5.11 Å². The van der Waals surface area contributed by atoms with Crippen LogP contribution in [0, 0.1) is 0 Å². The van der Waals surface area contributed by atoms with Crippen molar-refractivity contribution in [1.29, 1.82) is 0 Å². The third-order valence-electron chi connectivity index (χ3n) is 2.95. The van der Waals surface area contributed by atoms with Gasteiger partial charge in [-0.2, -0.15) is 0 Å². The number of benzene rings is 1. The Morgan fingerprint density at radius 1 is 1.21 bits per heavy atom. The monoisotopic (exact) mass is 263 g/mol. The molecule has 1 aromatic carbocycles. The van der Waals surface area contributed by atoms with Crippen LogP contribution in [0.4, 0.5) is 0 Å². The van der Waals surface area contributed by atoms with Gasteiger partial charge in [-0.05, 0) is 32.3 Å². The first kappa shape index (κ1) is 15.2. The maximum Gasteiger partial charge on any atom is 0.323 e. The predicted octanol–water partition coefficient (Wildman–Crippen LogP) is 2.33. The zero-order valence-corrected chi connectivity index (χ0v) is 11.5. The first-order valence-corrected chi connectivity index (χ1v) is 6.56. The van der Waals surface area contributed by atoms with Crippen molar-refractivity contribution in [3.05, 3.63) is 35.9 Å². The molecular weight excluding hydrogens is 242 g/mol. The van der Waals surface area contributed by atoms with Gasteiger partial charge >= 0.3 is 5.97 Å². The van der Waals surface area contributed by atoms with Gasteiger partial charge in [0.05, 0.1) is 0 Å². The maximum atomic E-state index is 12.0. The molecule has 0 atom stereocenters. The topological polar surface area (TPSA) is 57.6 Å². The van der Waals surface area contributed by atoms with E-state index >= 15 is 0 Å². The van der Waals surface area contributed by atoms with Gasteiger partial charge in [-0.25, -0.2) is 0 Å². The zero-order valence-electron chi connectivity index (χ0n) is 11.5. The number of rotatable bonds is 7. The second kappa shape index (κ2) is 7.56. The van der Waals surface area contributed by atoms with Crippen molar-refractivity contribution in [2.75, 3.05) is 6.54 Å². The van der Waals surface area contributed by atoms with Gasteiger partial charge in [0.1, 0.15) is 6.54 Å². The summed E-state index contributed by atoms with van der Waals surface area (Å²) in [6.07, 6.45) is 1.97. The number of hydrogen-bond donors (Lipinski definition) is 1. The Labute approximate surface area is 114 Å². The summed E-state index contributed by atoms with van der Waals surface area (Å²) >= 11 is 0. The fraction of sp³-hybridized carbons (Fsp3) is 0.467. The number of amides is 1. The van der Waals surface area contributed by atoms with Gasteiger partial charge < -0.3 is 10.0 Å². The Bertz CT molecular complexity index is 415. The average Bonchev–Trinajstić information content (AvgIpc) is 2.36. The van der Waals surface area contributed by atoms with Gasteiger partial charge in [-0.3, -0.25) is 9.59 Å². The van der Waals surface area contributed by atoms with Crippen LogP contribution in [-0.4, -0.2) is 34.5 Å². The summed E-state index contributed by atoms with van der Waals surface area (Å²) < 4.78 is 0. The molecule has 1 amide bonds. The molecule has 0 saturated carbocycles. The quantitative estimate of drug-likeness (QED) is 0.821. The Hall–Kier alpha value is -1.84. The maximum absolute atomic E-state index is 12.0. The molecule has 1 rings (SSSR count). The standard InChI is InChI=1S/C15H21NO3/c1-12(2)16(11-15(18)19)14(17)10-6-9-13-7-4-3-5-8-13/h3-5,7-8,12H,6,9-11H2,1-2H3,(H,18,19). The lowest BCUT2D eigenvalue weighted by atomic mass is 10.1. The summed E-state index contributed by atoms with van der Waals surface area (Å²) in [7, 11) is 0. The predicted molar refractivity (Wildman–Crippen MR) is 73.9 cm³/mol. The summed E-state index contributed by atoms with van der Waals surface area (Å²) in [6, 6.07) is 9.89. The van der Waals surface area contributed by atoms with Crippen LogP contribution >= 0.6 is 0 Å². The number of carbonyl (C=O) groups excluding carboxylic acids is 1. The lowest BCUT2D eigenvalue weighted by molar-refractivity contribution is -0.145. The molecule has 0 radical (unpaired) electrons. The molecule has 0 aromatic heterocycles. The van der Waals surface area contributed by atoms with E-state index in [-0.39, 0.29) is 18.5 Å². The number of hydrogen-bond acceptors (Lipinski definition) is 2. The van der Waals surface area contributed by atoms with E-state index in [0.29, 0.717) is 6.42 Å². The lowest BCUT2D eigenvalue weighted by Gasteiger charge is -2.24. The highest BCUT2D eigenvalue weighted by molar-refractivity contribution is 5.81. The number of carboxylic acid groups (broad SMARTS) is 1. The van der Waals surface area contributed by atoms with Crippen LogP contribution in [0.1, 0.15) is 32.3 Å². The molecule has 0 unspecified atom stereocenters. The number of carboxylic acids is 1. The minimum Gasteiger partial charge on any atom is -0.480 e. The fourth-order valence-corrected chi connectivity index (χ4v) is 1.94. The first-order chi connectivity index (χ1) is 9.00. The molecule has 1 aromatic rings. The molecule has 19 heavy (non-hydrogen) atoms. The second-order valence-corrected chi connectivity index (χ2v) is 4.85. The lowest BCUT2D eigenvalue weighted by Crippen LogP contribution is -2.40. The number of aliphatic carboxylic acids is 1. The molecule has 4 heteroatoms. The molecule has 0 aliphatic rings. The number of carbonyl (C=O) groups is 2. The van der Waals surface area contributed by atoms with Crippen molar-refractivity contribution < 1.29 is 14.7 Å². The van der Waals surface area contributed by atoms with Crippen molar-refractivity contribution in [2.24, 2.45) is 0 Å². The number of nitrogens with zero attached hydrogens (tertiary/aromatic N) is 1. The Morgan fingerprint density at radius 2 is 1.84 bits per heavy atom. The molecular formula is C15H21NO3. The van der Waals surface area contributed by atoms with Crippen molar-refractivity contribution in [3.63, 3.8) is 0 Å². The van der Waals surface area contributed by atoms with Crippen LogP contribution in [0.15, 0.2) is 30.3 Å². The van der Waals surface area contributed by atoms with Crippen LogP contribution in [0.3, 0.4) is 0 Å². The third-order valence-corrected chi connectivity index (χ3v) is 2.95. The van der Waals surface area contributed by atoms with Gasteiger partial charge in [-0.15, -0.1) is 0 Å². The highest BCUT2D eigenvalue weighted by Gasteiger charge is 2.18. The van der Waals surface area contributed by atoms with Crippen LogP contribution in [0.5, 0.6) is 0 Å².